The Labute approximate surface area is 245 Å². The first-order chi connectivity index (χ1) is 20.2. The van der Waals surface area contributed by atoms with Crippen molar-refractivity contribution in [3.8, 4) is 0 Å². The zero-order chi connectivity index (χ0) is 28.3. The molecule has 0 unspecified atom stereocenters. The van der Waals surface area contributed by atoms with Gasteiger partial charge in [0.2, 0.25) is 0 Å². The standard InChI is InChI=1S/C35H45N5O/c36-34-33(21-25-39-23-11-4-12-24-39)38-31(19-22-37-35(41)30-17-9-3-10-18-30)20-26-40(34)27-32(28-13-5-1-6-14-28)29-15-7-2-8-16-29/h1-3,5-10,13-18,31-33,36,38H,4,11-12,19-27H2,(H,37,41)/t31-,33+/m1/s1. The number of benzene rings is 3. The Hall–Kier alpha value is -3.48. The summed E-state index contributed by atoms with van der Waals surface area (Å²) in [6.45, 7) is 5.59. The van der Waals surface area contributed by atoms with Gasteiger partial charge in [-0.2, -0.15) is 0 Å². The number of carbonyl (C=O) groups is 1. The zero-order valence-corrected chi connectivity index (χ0v) is 24.2. The van der Waals surface area contributed by atoms with Crippen molar-refractivity contribution >= 4 is 11.7 Å². The van der Waals surface area contributed by atoms with Crippen LogP contribution in [0.25, 0.3) is 0 Å². The van der Waals surface area contributed by atoms with Crippen LogP contribution in [0.4, 0.5) is 0 Å². The van der Waals surface area contributed by atoms with Crippen molar-refractivity contribution < 1.29 is 4.79 Å². The average molecular weight is 552 g/mol. The Morgan fingerprint density at radius 2 is 1.44 bits per heavy atom. The highest BCUT2D eigenvalue weighted by Crippen LogP contribution is 2.27. The summed E-state index contributed by atoms with van der Waals surface area (Å²) < 4.78 is 0. The molecule has 2 saturated heterocycles. The molecule has 5 rings (SSSR count). The predicted molar refractivity (Wildman–Crippen MR) is 168 cm³/mol. The highest BCUT2D eigenvalue weighted by atomic mass is 16.1. The maximum absolute atomic E-state index is 12.6. The van der Waals surface area contributed by atoms with Crippen molar-refractivity contribution in [2.24, 2.45) is 0 Å². The second-order valence-electron chi connectivity index (χ2n) is 11.5. The highest BCUT2D eigenvalue weighted by molar-refractivity contribution is 5.94. The number of hydrogen-bond donors (Lipinski definition) is 3. The summed E-state index contributed by atoms with van der Waals surface area (Å²) in [5.41, 5.74) is 3.27. The van der Waals surface area contributed by atoms with Crippen LogP contribution in [-0.4, -0.2) is 72.9 Å². The second kappa shape index (κ2) is 14.9. The summed E-state index contributed by atoms with van der Waals surface area (Å²) in [6, 6.07) is 31.1. The van der Waals surface area contributed by atoms with E-state index < -0.39 is 0 Å². The molecule has 3 aromatic carbocycles. The van der Waals surface area contributed by atoms with Crippen LogP contribution in [0.5, 0.6) is 0 Å². The van der Waals surface area contributed by atoms with Gasteiger partial charge in [-0.05, 0) is 68.5 Å². The molecule has 2 atom stereocenters. The summed E-state index contributed by atoms with van der Waals surface area (Å²) in [6.07, 6.45) is 6.62. The molecule has 0 saturated carbocycles. The van der Waals surface area contributed by atoms with E-state index in [1.807, 2.05) is 30.3 Å². The zero-order valence-electron chi connectivity index (χ0n) is 24.2. The average Bonchev–Trinajstić information content (AvgIpc) is 3.18. The third-order valence-corrected chi connectivity index (χ3v) is 8.66. The number of nitrogens with one attached hydrogen (secondary N) is 3. The molecule has 2 fully saturated rings. The second-order valence-corrected chi connectivity index (χ2v) is 11.5. The quantitative estimate of drug-likeness (QED) is 0.293. The molecule has 0 aliphatic carbocycles. The van der Waals surface area contributed by atoms with E-state index in [0.29, 0.717) is 17.9 Å². The fourth-order valence-electron chi connectivity index (χ4n) is 6.28. The molecule has 216 valence electrons. The summed E-state index contributed by atoms with van der Waals surface area (Å²) in [7, 11) is 0. The number of nitrogens with zero attached hydrogens (tertiary/aromatic N) is 2. The van der Waals surface area contributed by atoms with Gasteiger partial charge in [-0.3, -0.25) is 10.2 Å². The number of likely N-dealkylation sites (tertiary alicyclic amines) is 1. The van der Waals surface area contributed by atoms with Crippen LogP contribution >= 0.6 is 0 Å². The molecule has 1 amide bonds. The third-order valence-electron chi connectivity index (χ3n) is 8.66. The molecule has 0 bridgehead atoms. The molecule has 6 nitrogen and oxygen atoms in total. The van der Waals surface area contributed by atoms with E-state index in [-0.39, 0.29) is 23.9 Å². The van der Waals surface area contributed by atoms with Crippen molar-refractivity contribution in [1.82, 2.24) is 20.4 Å². The number of amides is 1. The van der Waals surface area contributed by atoms with E-state index in [1.165, 1.54) is 43.5 Å². The molecule has 2 aliphatic rings. The van der Waals surface area contributed by atoms with Crippen molar-refractivity contribution in [1.29, 1.82) is 5.41 Å². The van der Waals surface area contributed by atoms with Gasteiger partial charge in [-0.15, -0.1) is 0 Å². The van der Waals surface area contributed by atoms with Crippen molar-refractivity contribution in [3.63, 3.8) is 0 Å². The molecule has 3 N–H and O–H groups in total. The predicted octanol–water partition coefficient (Wildman–Crippen LogP) is 5.52. The normalized spacial score (nSPS) is 20.1. The smallest absolute Gasteiger partial charge is 0.251 e. The fourth-order valence-corrected chi connectivity index (χ4v) is 6.28. The van der Waals surface area contributed by atoms with Crippen molar-refractivity contribution in [3.05, 3.63) is 108 Å². The van der Waals surface area contributed by atoms with Gasteiger partial charge < -0.3 is 20.4 Å². The van der Waals surface area contributed by atoms with E-state index >= 15 is 0 Å². The van der Waals surface area contributed by atoms with Crippen molar-refractivity contribution in [2.75, 3.05) is 39.3 Å². The Balaban J connectivity index is 1.28. The van der Waals surface area contributed by atoms with Gasteiger partial charge in [0, 0.05) is 43.7 Å². The minimum absolute atomic E-state index is 0.00134. The summed E-state index contributed by atoms with van der Waals surface area (Å²) >= 11 is 0. The lowest BCUT2D eigenvalue weighted by Crippen LogP contribution is -2.48. The lowest BCUT2D eigenvalue weighted by Gasteiger charge is -2.33. The summed E-state index contributed by atoms with van der Waals surface area (Å²) in [4.78, 5) is 17.5. The van der Waals surface area contributed by atoms with Crippen LogP contribution in [-0.2, 0) is 0 Å². The molecule has 6 heteroatoms. The van der Waals surface area contributed by atoms with E-state index in [9.17, 15) is 10.2 Å². The minimum Gasteiger partial charge on any atom is -0.358 e. The fraction of sp³-hybridized carbons (Fsp3) is 0.429. The maximum atomic E-state index is 12.6. The van der Waals surface area contributed by atoms with Gasteiger partial charge in [-0.1, -0.05) is 85.3 Å². The van der Waals surface area contributed by atoms with Gasteiger partial charge in [0.1, 0.15) is 5.84 Å². The number of amidine groups is 1. The third kappa shape index (κ3) is 8.27. The van der Waals surface area contributed by atoms with Gasteiger partial charge in [0.25, 0.3) is 5.91 Å². The monoisotopic (exact) mass is 551 g/mol. The van der Waals surface area contributed by atoms with E-state index in [2.05, 4.69) is 81.1 Å². The molecule has 0 aromatic heterocycles. The molecule has 41 heavy (non-hydrogen) atoms. The van der Waals surface area contributed by atoms with Crippen LogP contribution in [0, 0.1) is 5.41 Å². The molecule has 0 radical (unpaired) electrons. The van der Waals surface area contributed by atoms with Gasteiger partial charge in [0.15, 0.2) is 0 Å². The van der Waals surface area contributed by atoms with Gasteiger partial charge in [0.05, 0.1) is 6.04 Å². The number of piperidine rings is 1. The topological polar surface area (TPSA) is 71.5 Å². The molecule has 0 spiro atoms. The lowest BCUT2D eigenvalue weighted by molar-refractivity contribution is 0.0952. The summed E-state index contributed by atoms with van der Waals surface area (Å²) in [5.74, 6) is 0.876. The Morgan fingerprint density at radius 1 is 0.829 bits per heavy atom. The Morgan fingerprint density at radius 3 is 2.07 bits per heavy atom. The van der Waals surface area contributed by atoms with E-state index in [4.69, 9.17) is 0 Å². The van der Waals surface area contributed by atoms with Crippen LogP contribution in [0.1, 0.15) is 65.9 Å². The SMILES string of the molecule is N=C1[C@H](CCN2CCCCC2)N[C@H](CCNC(=O)c2ccccc2)CCN1CC(c1ccccc1)c1ccccc1. The van der Waals surface area contributed by atoms with Crippen molar-refractivity contribution in [2.45, 2.75) is 56.5 Å². The highest BCUT2D eigenvalue weighted by Gasteiger charge is 2.30. The Bertz CT molecular complexity index is 1170. The van der Waals surface area contributed by atoms with Crippen LogP contribution in [0.2, 0.25) is 0 Å². The van der Waals surface area contributed by atoms with E-state index in [1.54, 1.807) is 0 Å². The molecular weight excluding hydrogens is 506 g/mol. The number of rotatable bonds is 11. The molecule has 3 aromatic rings. The number of carbonyl (C=O) groups excluding carboxylic acids is 1. The molecular formula is C35H45N5O. The first-order valence-electron chi connectivity index (χ1n) is 15.4. The Kier molecular flexibility index (Phi) is 10.6. The summed E-state index contributed by atoms with van der Waals surface area (Å²) in [5, 5.41) is 16.4. The number of hydrogen-bond acceptors (Lipinski definition) is 4. The maximum Gasteiger partial charge on any atom is 0.251 e. The molecule has 2 heterocycles. The van der Waals surface area contributed by atoms with Crippen LogP contribution in [0.3, 0.4) is 0 Å². The molecule has 2 aliphatic heterocycles. The lowest BCUT2D eigenvalue weighted by atomic mass is 9.90. The largest absolute Gasteiger partial charge is 0.358 e. The van der Waals surface area contributed by atoms with E-state index in [0.717, 1.165) is 38.9 Å². The first-order valence-corrected chi connectivity index (χ1v) is 15.4. The first kappa shape index (κ1) is 29.0. The van der Waals surface area contributed by atoms with Gasteiger partial charge >= 0.3 is 0 Å². The van der Waals surface area contributed by atoms with Gasteiger partial charge in [-0.25, -0.2) is 0 Å². The van der Waals surface area contributed by atoms with Crippen LogP contribution < -0.4 is 10.6 Å². The minimum atomic E-state index is -0.0243. The van der Waals surface area contributed by atoms with Crippen LogP contribution in [0.15, 0.2) is 91.0 Å².